The molecule has 19 heavy (non-hydrogen) atoms. The first kappa shape index (κ1) is 13.1. The van der Waals surface area contributed by atoms with Gasteiger partial charge in [-0.2, -0.15) is 5.26 Å². The maximum atomic E-state index is 13.2. The first-order chi connectivity index (χ1) is 9.11. The Labute approximate surface area is 112 Å². The lowest BCUT2D eigenvalue weighted by Crippen LogP contribution is -2.02. The van der Waals surface area contributed by atoms with Crippen molar-refractivity contribution in [3.63, 3.8) is 0 Å². The first-order valence-corrected chi connectivity index (χ1v) is 6.10. The number of nitriles is 1. The molecule has 0 fully saturated rings. The Morgan fingerprint density at radius 2 is 2.00 bits per heavy atom. The minimum Gasteiger partial charge on any atom is -0.381 e. The highest BCUT2D eigenvalue weighted by atomic mass is 19.1. The summed E-state index contributed by atoms with van der Waals surface area (Å²) in [7, 11) is 0. The quantitative estimate of drug-likeness (QED) is 0.900. The Kier molecular flexibility index (Phi) is 3.82. The van der Waals surface area contributed by atoms with Crippen LogP contribution in [0.15, 0.2) is 36.4 Å². The van der Waals surface area contributed by atoms with Crippen molar-refractivity contribution in [2.75, 3.05) is 5.32 Å². The second kappa shape index (κ2) is 5.53. The van der Waals surface area contributed by atoms with E-state index in [4.69, 9.17) is 5.26 Å². The molecule has 0 amide bonds. The molecule has 0 radical (unpaired) electrons. The molecule has 0 aliphatic carbocycles. The van der Waals surface area contributed by atoms with Crippen LogP contribution in [0.1, 0.15) is 22.3 Å². The van der Waals surface area contributed by atoms with E-state index in [1.807, 2.05) is 12.1 Å². The maximum absolute atomic E-state index is 13.2. The molecule has 2 aromatic carbocycles. The minimum absolute atomic E-state index is 0.0611. The lowest BCUT2D eigenvalue weighted by molar-refractivity contribution is 0.624. The Morgan fingerprint density at radius 3 is 2.74 bits per heavy atom. The molecule has 0 saturated carbocycles. The second-order valence-corrected chi connectivity index (χ2v) is 4.52. The Bertz CT molecular complexity index is 642. The molecule has 0 heterocycles. The van der Waals surface area contributed by atoms with Gasteiger partial charge in [0.2, 0.25) is 0 Å². The van der Waals surface area contributed by atoms with Gasteiger partial charge in [-0.15, -0.1) is 0 Å². The van der Waals surface area contributed by atoms with Gasteiger partial charge in [0.05, 0.1) is 5.56 Å². The van der Waals surface area contributed by atoms with Crippen LogP contribution in [0, 0.1) is 31.0 Å². The molecule has 0 aromatic heterocycles. The monoisotopic (exact) mass is 254 g/mol. The van der Waals surface area contributed by atoms with Gasteiger partial charge in [0.1, 0.15) is 11.9 Å². The number of nitrogens with zero attached hydrogens (tertiary/aromatic N) is 1. The van der Waals surface area contributed by atoms with Crippen molar-refractivity contribution in [2.24, 2.45) is 0 Å². The number of nitrogens with one attached hydrogen (secondary N) is 1. The number of rotatable bonds is 3. The fourth-order valence-corrected chi connectivity index (χ4v) is 1.92. The summed E-state index contributed by atoms with van der Waals surface area (Å²) in [6, 6.07) is 12.5. The third-order valence-corrected chi connectivity index (χ3v) is 3.29. The van der Waals surface area contributed by atoms with E-state index in [1.54, 1.807) is 6.07 Å². The maximum Gasteiger partial charge on any atom is 0.141 e. The highest BCUT2D eigenvalue weighted by molar-refractivity contribution is 5.50. The lowest BCUT2D eigenvalue weighted by Gasteiger charge is -2.11. The van der Waals surface area contributed by atoms with Crippen molar-refractivity contribution in [1.82, 2.24) is 0 Å². The Hall–Kier alpha value is -2.34. The lowest BCUT2D eigenvalue weighted by atomic mass is 10.0. The number of hydrogen-bond donors (Lipinski definition) is 1. The van der Waals surface area contributed by atoms with Gasteiger partial charge in [-0.05, 0) is 48.7 Å². The van der Waals surface area contributed by atoms with Crippen LogP contribution in [0.3, 0.4) is 0 Å². The fourth-order valence-electron chi connectivity index (χ4n) is 1.92. The van der Waals surface area contributed by atoms with E-state index in [0.717, 1.165) is 5.69 Å². The molecule has 0 saturated heterocycles. The summed E-state index contributed by atoms with van der Waals surface area (Å²) < 4.78 is 13.2. The summed E-state index contributed by atoms with van der Waals surface area (Å²) in [6.07, 6.45) is 0. The summed E-state index contributed by atoms with van der Waals surface area (Å²) in [4.78, 5) is 0. The zero-order valence-corrected chi connectivity index (χ0v) is 11.0. The van der Waals surface area contributed by atoms with Gasteiger partial charge in [0, 0.05) is 12.2 Å². The van der Waals surface area contributed by atoms with Gasteiger partial charge < -0.3 is 5.32 Å². The number of halogens is 1. The van der Waals surface area contributed by atoms with E-state index < -0.39 is 5.82 Å². The van der Waals surface area contributed by atoms with Gasteiger partial charge in [-0.1, -0.05) is 18.2 Å². The number of hydrogen-bond acceptors (Lipinski definition) is 2. The predicted molar refractivity (Wildman–Crippen MR) is 74.4 cm³/mol. The van der Waals surface area contributed by atoms with Crippen LogP contribution in [0.25, 0.3) is 0 Å². The van der Waals surface area contributed by atoms with E-state index in [9.17, 15) is 4.39 Å². The van der Waals surface area contributed by atoms with Crippen LogP contribution in [0.4, 0.5) is 10.1 Å². The van der Waals surface area contributed by atoms with Crippen molar-refractivity contribution in [1.29, 1.82) is 5.26 Å². The molecule has 3 heteroatoms. The molecular formula is C16H15FN2. The van der Waals surface area contributed by atoms with Crippen LogP contribution in [-0.4, -0.2) is 0 Å². The molecule has 2 rings (SSSR count). The Morgan fingerprint density at radius 1 is 1.21 bits per heavy atom. The van der Waals surface area contributed by atoms with E-state index in [0.29, 0.717) is 6.54 Å². The molecule has 96 valence electrons. The van der Waals surface area contributed by atoms with Crippen molar-refractivity contribution < 1.29 is 4.39 Å². The molecular weight excluding hydrogens is 239 g/mol. The van der Waals surface area contributed by atoms with Gasteiger partial charge in [-0.25, -0.2) is 4.39 Å². The van der Waals surface area contributed by atoms with Gasteiger partial charge in [0.25, 0.3) is 0 Å². The molecule has 0 unspecified atom stereocenters. The van der Waals surface area contributed by atoms with Crippen LogP contribution >= 0.6 is 0 Å². The molecule has 1 N–H and O–H groups in total. The summed E-state index contributed by atoms with van der Waals surface area (Å²) in [5.41, 5.74) is 4.50. The summed E-state index contributed by atoms with van der Waals surface area (Å²) >= 11 is 0. The number of aryl methyl sites for hydroxylation is 1. The molecule has 0 atom stereocenters. The van der Waals surface area contributed by atoms with Crippen LogP contribution in [-0.2, 0) is 6.54 Å². The number of benzene rings is 2. The van der Waals surface area contributed by atoms with Crippen molar-refractivity contribution in [3.05, 3.63) is 64.5 Å². The SMILES string of the molecule is Cc1cccc(CNc2ccc(F)c(C#N)c2)c1C. The summed E-state index contributed by atoms with van der Waals surface area (Å²) in [6.45, 7) is 4.81. The molecule has 2 nitrogen and oxygen atoms in total. The topological polar surface area (TPSA) is 35.8 Å². The first-order valence-electron chi connectivity index (χ1n) is 6.10. The van der Waals surface area contributed by atoms with Gasteiger partial charge in [-0.3, -0.25) is 0 Å². The zero-order chi connectivity index (χ0) is 13.8. The number of anilines is 1. The summed E-state index contributed by atoms with van der Waals surface area (Å²) in [5, 5.41) is 12.0. The van der Waals surface area contributed by atoms with Crippen molar-refractivity contribution in [3.8, 4) is 6.07 Å². The second-order valence-electron chi connectivity index (χ2n) is 4.52. The van der Waals surface area contributed by atoms with Crippen molar-refractivity contribution >= 4 is 5.69 Å². The van der Waals surface area contributed by atoms with Crippen LogP contribution in [0.2, 0.25) is 0 Å². The van der Waals surface area contributed by atoms with E-state index in [2.05, 4.69) is 31.3 Å². The third kappa shape index (κ3) is 2.92. The van der Waals surface area contributed by atoms with E-state index in [1.165, 1.54) is 28.8 Å². The van der Waals surface area contributed by atoms with Crippen molar-refractivity contribution in [2.45, 2.75) is 20.4 Å². The molecule has 0 aliphatic heterocycles. The van der Waals surface area contributed by atoms with Gasteiger partial charge >= 0.3 is 0 Å². The fraction of sp³-hybridized carbons (Fsp3) is 0.188. The largest absolute Gasteiger partial charge is 0.381 e. The predicted octanol–water partition coefficient (Wildman–Crippen LogP) is 3.93. The highest BCUT2D eigenvalue weighted by Crippen LogP contribution is 2.17. The smallest absolute Gasteiger partial charge is 0.141 e. The average molecular weight is 254 g/mol. The molecule has 0 aliphatic rings. The Balaban J connectivity index is 2.15. The normalized spacial score (nSPS) is 10.0. The highest BCUT2D eigenvalue weighted by Gasteiger charge is 2.04. The van der Waals surface area contributed by atoms with Crippen LogP contribution in [0.5, 0.6) is 0 Å². The van der Waals surface area contributed by atoms with E-state index >= 15 is 0 Å². The minimum atomic E-state index is -0.486. The standard InChI is InChI=1S/C16H15FN2/c1-11-4-3-5-13(12(11)2)10-19-15-6-7-16(17)14(8-15)9-18/h3-8,19H,10H2,1-2H3. The molecule has 2 aromatic rings. The molecule has 0 spiro atoms. The average Bonchev–Trinajstić information content (AvgIpc) is 2.42. The third-order valence-electron chi connectivity index (χ3n) is 3.29. The van der Waals surface area contributed by atoms with E-state index in [-0.39, 0.29) is 5.56 Å². The zero-order valence-electron chi connectivity index (χ0n) is 11.0. The van der Waals surface area contributed by atoms with Gasteiger partial charge in [0.15, 0.2) is 0 Å². The molecule has 0 bridgehead atoms. The van der Waals surface area contributed by atoms with Crippen LogP contribution < -0.4 is 5.32 Å². The summed E-state index contributed by atoms with van der Waals surface area (Å²) in [5.74, 6) is -0.486.